The summed E-state index contributed by atoms with van der Waals surface area (Å²) in [6.45, 7) is 5.52. The van der Waals surface area contributed by atoms with Gasteiger partial charge in [0.05, 0.1) is 12.5 Å². The highest BCUT2D eigenvalue weighted by Gasteiger charge is 2.20. The van der Waals surface area contributed by atoms with Crippen LogP contribution in [0.2, 0.25) is 0 Å². The predicted molar refractivity (Wildman–Crippen MR) is 96.5 cm³/mol. The third-order valence-corrected chi connectivity index (χ3v) is 5.15. The van der Waals surface area contributed by atoms with Crippen molar-refractivity contribution in [2.45, 2.75) is 26.9 Å². The van der Waals surface area contributed by atoms with Crippen molar-refractivity contribution in [1.82, 2.24) is 9.97 Å². The minimum atomic E-state index is -0.697. The second-order valence-corrected chi connectivity index (χ2v) is 6.87. The number of hydrogen-bond donors (Lipinski definition) is 1. The van der Waals surface area contributed by atoms with E-state index >= 15 is 0 Å². The zero-order chi connectivity index (χ0) is 18.1. The molecule has 2 aromatic heterocycles. The van der Waals surface area contributed by atoms with Crippen molar-refractivity contribution in [2.75, 3.05) is 7.11 Å². The lowest BCUT2D eigenvalue weighted by Gasteiger charge is -2.14. The highest BCUT2D eigenvalue weighted by molar-refractivity contribution is 7.18. The fourth-order valence-electron chi connectivity index (χ4n) is 2.56. The number of H-pyrrole nitrogens is 1. The average Bonchev–Trinajstić information content (AvgIpc) is 2.89. The standard InChI is InChI=1S/C18H18N2O4S/c1-9-11(3)25-17-14(9)16(21)19-15(20-17)10(2)24-18(22)12-7-5-6-8-13(12)23-4/h5-8,10H,1-4H3,(H,19,20,21)/t10-/m0/s1. The summed E-state index contributed by atoms with van der Waals surface area (Å²) in [6, 6.07) is 6.81. The Kier molecular flexibility index (Phi) is 4.59. The van der Waals surface area contributed by atoms with E-state index in [-0.39, 0.29) is 5.56 Å². The molecule has 7 heteroatoms. The number of rotatable bonds is 4. The molecule has 0 saturated carbocycles. The number of methoxy groups -OCH3 is 1. The number of nitrogens with one attached hydrogen (secondary N) is 1. The van der Waals surface area contributed by atoms with Crippen LogP contribution in [0.25, 0.3) is 10.2 Å². The van der Waals surface area contributed by atoms with Gasteiger partial charge in [-0.25, -0.2) is 9.78 Å². The van der Waals surface area contributed by atoms with E-state index in [2.05, 4.69) is 9.97 Å². The maximum Gasteiger partial charge on any atom is 0.342 e. The van der Waals surface area contributed by atoms with Crippen LogP contribution in [0.15, 0.2) is 29.1 Å². The molecule has 0 spiro atoms. The number of aromatic amines is 1. The van der Waals surface area contributed by atoms with E-state index in [0.29, 0.717) is 27.4 Å². The summed E-state index contributed by atoms with van der Waals surface area (Å²) >= 11 is 1.45. The molecule has 0 aliphatic carbocycles. The zero-order valence-electron chi connectivity index (χ0n) is 14.4. The van der Waals surface area contributed by atoms with Gasteiger partial charge >= 0.3 is 5.97 Å². The van der Waals surface area contributed by atoms with Crippen LogP contribution >= 0.6 is 11.3 Å². The molecule has 25 heavy (non-hydrogen) atoms. The van der Waals surface area contributed by atoms with E-state index in [0.717, 1.165) is 10.4 Å². The van der Waals surface area contributed by atoms with Crippen LogP contribution in [0.1, 0.15) is 39.7 Å². The van der Waals surface area contributed by atoms with Crippen molar-refractivity contribution in [2.24, 2.45) is 0 Å². The maximum atomic E-state index is 12.4. The molecule has 0 unspecified atom stereocenters. The molecule has 1 N–H and O–H groups in total. The lowest BCUT2D eigenvalue weighted by Crippen LogP contribution is -2.17. The molecule has 130 valence electrons. The molecule has 3 aromatic rings. The van der Waals surface area contributed by atoms with Crippen LogP contribution in [0.4, 0.5) is 0 Å². The van der Waals surface area contributed by atoms with Crippen LogP contribution in [0.5, 0.6) is 5.75 Å². The van der Waals surface area contributed by atoms with Gasteiger partial charge in [-0.2, -0.15) is 0 Å². The van der Waals surface area contributed by atoms with Gasteiger partial charge in [0.25, 0.3) is 5.56 Å². The number of ether oxygens (including phenoxy) is 2. The number of esters is 1. The molecular weight excluding hydrogens is 340 g/mol. The molecule has 6 nitrogen and oxygen atoms in total. The number of hydrogen-bond acceptors (Lipinski definition) is 6. The predicted octanol–water partition coefficient (Wildman–Crippen LogP) is 3.53. The molecule has 0 aliphatic heterocycles. The molecule has 0 aliphatic rings. The first-order chi connectivity index (χ1) is 11.9. The quantitative estimate of drug-likeness (QED) is 0.722. The fraction of sp³-hybridized carbons (Fsp3) is 0.278. The van der Waals surface area contributed by atoms with Gasteiger partial charge in [0.1, 0.15) is 16.1 Å². The van der Waals surface area contributed by atoms with Gasteiger partial charge in [-0.15, -0.1) is 11.3 Å². The van der Waals surface area contributed by atoms with Crippen molar-refractivity contribution in [3.8, 4) is 5.75 Å². The van der Waals surface area contributed by atoms with Crippen molar-refractivity contribution in [1.29, 1.82) is 0 Å². The molecule has 2 heterocycles. The maximum absolute atomic E-state index is 12.4. The smallest absolute Gasteiger partial charge is 0.342 e. The first-order valence-corrected chi connectivity index (χ1v) is 8.58. The van der Waals surface area contributed by atoms with Crippen molar-refractivity contribution < 1.29 is 14.3 Å². The van der Waals surface area contributed by atoms with Crippen LogP contribution in [0, 0.1) is 13.8 Å². The number of carbonyl (C=O) groups excluding carboxylic acids is 1. The number of aromatic nitrogens is 2. The van der Waals surface area contributed by atoms with E-state index in [1.165, 1.54) is 18.4 Å². The van der Waals surface area contributed by atoms with Crippen molar-refractivity contribution in [3.63, 3.8) is 0 Å². The first-order valence-electron chi connectivity index (χ1n) is 7.76. The summed E-state index contributed by atoms with van der Waals surface area (Å²) in [5.41, 5.74) is 1.03. The molecule has 0 bridgehead atoms. The van der Waals surface area contributed by atoms with Crippen molar-refractivity contribution >= 4 is 27.5 Å². The highest BCUT2D eigenvalue weighted by atomic mass is 32.1. The van der Waals surface area contributed by atoms with Crippen LogP contribution in [-0.4, -0.2) is 23.0 Å². The molecule has 1 aromatic carbocycles. The third kappa shape index (κ3) is 3.15. The SMILES string of the molecule is COc1ccccc1C(=O)O[C@@H](C)c1nc2sc(C)c(C)c2c(=O)[nH]1. The Morgan fingerprint density at radius 2 is 2.00 bits per heavy atom. The Morgan fingerprint density at radius 3 is 2.72 bits per heavy atom. The topological polar surface area (TPSA) is 81.3 Å². The van der Waals surface area contributed by atoms with Gasteiger partial charge in [0.15, 0.2) is 11.9 Å². The Balaban J connectivity index is 1.91. The second kappa shape index (κ2) is 6.68. The summed E-state index contributed by atoms with van der Waals surface area (Å²) in [5.74, 6) is 0.217. The monoisotopic (exact) mass is 358 g/mol. The highest BCUT2D eigenvalue weighted by Crippen LogP contribution is 2.27. The van der Waals surface area contributed by atoms with Gasteiger partial charge in [-0.3, -0.25) is 4.79 Å². The van der Waals surface area contributed by atoms with Crippen LogP contribution in [-0.2, 0) is 4.74 Å². The summed E-state index contributed by atoms with van der Waals surface area (Å²) in [7, 11) is 1.49. The summed E-state index contributed by atoms with van der Waals surface area (Å²) in [4.78, 5) is 33.6. The normalized spacial score (nSPS) is 12.2. The number of carbonyl (C=O) groups is 1. The minimum Gasteiger partial charge on any atom is -0.496 e. The number of para-hydroxylation sites is 1. The average molecular weight is 358 g/mol. The summed E-state index contributed by atoms with van der Waals surface area (Å²) < 4.78 is 10.6. The lowest BCUT2D eigenvalue weighted by atomic mass is 10.2. The van der Waals surface area contributed by atoms with Crippen molar-refractivity contribution in [3.05, 3.63) is 56.4 Å². The molecule has 0 radical (unpaired) electrons. The number of fused-ring (bicyclic) bond motifs is 1. The van der Waals surface area contributed by atoms with Gasteiger partial charge in [-0.1, -0.05) is 12.1 Å². The van der Waals surface area contributed by atoms with Crippen LogP contribution in [0.3, 0.4) is 0 Å². The molecule has 0 amide bonds. The largest absolute Gasteiger partial charge is 0.496 e. The third-order valence-electron chi connectivity index (χ3n) is 4.05. The molecular formula is C18H18N2O4S. The van der Waals surface area contributed by atoms with E-state index in [1.807, 2.05) is 13.8 Å². The lowest BCUT2D eigenvalue weighted by molar-refractivity contribution is 0.0316. The Hall–Kier alpha value is -2.67. The van der Waals surface area contributed by atoms with E-state index in [4.69, 9.17) is 9.47 Å². The molecule has 0 saturated heterocycles. The van der Waals surface area contributed by atoms with Gasteiger partial charge in [0.2, 0.25) is 0 Å². The number of aryl methyl sites for hydroxylation is 2. The fourth-order valence-corrected chi connectivity index (χ4v) is 3.59. The van der Waals surface area contributed by atoms with Gasteiger partial charge in [0, 0.05) is 4.88 Å². The molecule has 1 atom stereocenters. The van der Waals surface area contributed by atoms with Gasteiger partial charge < -0.3 is 14.5 Å². The Labute approximate surface area is 148 Å². The second-order valence-electron chi connectivity index (χ2n) is 5.66. The van der Waals surface area contributed by atoms with E-state index in [9.17, 15) is 9.59 Å². The van der Waals surface area contributed by atoms with E-state index in [1.54, 1.807) is 31.2 Å². The Morgan fingerprint density at radius 1 is 1.28 bits per heavy atom. The number of benzene rings is 1. The number of thiophene rings is 1. The first kappa shape index (κ1) is 17.2. The van der Waals surface area contributed by atoms with E-state index < -0.39 is 12.1 Å². The molecule has 0 fully saturated rings. The summed E-state index contributed by atoms with van der Waals surface area (Å²) in [6.07, 6.45) is -0.697. The number of nitrogens with zero attached hydrogens (tertiary/aromatic N) is 1. The van der Waals surface area contributed by atoms with Gasteiger partial charge in [-0.05, 0) is 38.5 Å². The minimum absolute atomic E-state index is 0.220. The Bertz CT molecular complexity index is 1010. The zero-order valence-corrected chi connectivity index (χ0v) is 15.2. The molecule has 3 rings (SSSR count). The van der Waals surface area contributed by atoms with Crippen LogP contribution < -0.4 is 10.3 Å². The summed E-state index contributed by atoms with van der Waals surface area (Å²) in [5, 5.41) is 0.592.